The predicted octanol–water partition coefficient (Wildman–Crippen LogP) is 0.504. The summed E-state index contributed by atoms with van der Waals surface area (Å²) in [5.74, 6) is -0.502. The molecule has 0 bridgehead atoms. The van der Waals surface area contributed by atoms with E-state index in [4.69, 9.17) is 4.42 Å². The lowest BCUT2D eigenvalue weighted by atomic mass is 10.1. The summed E-state index contributed by atoms with van der Waals surface area (Å²) in [6.07, 6.45) is 1.79. The Morgan fingerprint density at radius 2 is 2.14 bits per heavy atom. The molecule has 1 unspecified atom stereocenters. The van der Waals surface area contributed by atoms with Crippen LogP contribution in [0.3, 0.4) is 0 Å². The summed E-state index contributed by atoms with van der Waals surface area (Å²) in [6.45, 7) is 0.965. The van der Waals surface area contributed by atoms with Crippen LogP contribution in [0.1, 0.15) is 12.8 Å². The fourth-order valence-corrected chi connectivity index (χ4v) is 4.36. The summed E-state index contributed by atoms with van der Waals surface area (Å²) in [6, 6.07) is 4.72. The predicted molar refractivity (Wildman–Crippen MR) is 82.3 cm³/mol. The van der Waals surface area contributed by atoms with Gasteiger partial charge in [-0.2, -0.15) is 4.31 Å². The molecule has 1 N–H and O–H groups in total. The maximum Gasteiger partial charge on any atom is 0.419 e. The van der Waals surface area contributed by atoms with Gasteiger partial charge in [0.25, 0.3) is 0 Å². The van der Waals surface area contributed by atoms with E-state index < -0.39 is 15.8 Å². The highest BCUT2D eigenvalue weighted by Crippen LogP contribution is 2.23. The Morgan fingerprint density at radius 3 is 2.86 bits per heavy atom. The molecule has 1 aliphatic rings. The maximum atomic E-state index is 12.8. The molecule has 1 aromatic carbocycles. The first-order chi connectivity index (χ1) is 10.4. The zero-order chi connectivity index (χ0) is 15.9. The van der Waals surface area contributed by atoms with Crippen LogP contribution in [0.2, 0.25) is 0 Å². The van der Waals surface area contributed by atoms with Gasteiger partial charge in [0, 0.05) is 32.2 Å². The SMILES string of the molecule is CNC1CCCN(S(=O)(=O)c2ccc3c(c2)oc(=O)n3C)C1. The third-order valence-corrected chi connectivity index (χ3v) is 6.06. The smallest absolute Gasteiger partial charge is 0.408 e. The summed E-state index contributed by atoms with van der Waals surface area (Å²) >= 11 is 0. The summed E-state index contributed by atoms with van der Waals surface area (Å²) in [5.41, 5.74) is 0.867. The Bertz CT molecular complexity index is 853. The minimum Gasteiger partial charge on any atom is -0.408 e. The van der Waals surface area contributed by atoms with E-state index in [-0.39, 0.29) is 16.5 Å². The average molecular weight is 325 g/mol. The minimum atomic E-state index is -3.58. The van der Waals surface area contributed by atoms with Crippen molar-refractivity contribution in [1.82, 2.24) is 14.2 Å². The molecule has 1 aromatic heterocycles. The van der Waals surface area contributed by atoms with E-state index in [9.17, 15) is 13.2 Å². The summed E-state index contributed by atoms with van der Waals surface area (Å²) in [7, 11) is -0.152. The Balaban J connectivity index is 2.00. The van der Waals surface area contributed by atoms with E-state index in [2.05, 4.69) is 5.32 Å². The van der Waals surface area contributed by atoms with E-state index >= 15 is 0 Å². The number of likely N-dealkylation sites (N-methyl/N-ethyl adjacent to an activating group) is 1. The van der Waals surface area contributed by atoms with Crippen molar-refractivity contribution in [2.24, 2.45) is 7.05 Å². The van der Waals surface area contributed by atoms with Crippen LogP contribution < -0.4 is 11.1 Å². The molecule has 0 aliphatic carbocycles. The lowest BCUT2D eigenvalue weighted by molar-refractivity contribution is 0.293. The third kappa shape index (κ3) is 2.47. The molecule has 120 valence electrons. The molecule has 1 atom stereocenters. The Hall–Kier alpha value is -1.64. The number of hydrogen-bond donors (Lipinski definition) is 1. The second-order valence-corrected chi connectivity index (χ2v) is 7.49. The Morgan fingerprint density at radius 1 is 1.36 bits per heavy atom. The minimum absolute atomic E-state index is 0.158. The number of piperidine rings is 1. The molecule has 2 aromatic rings. The van der Waals surface area contributed by atoms with E-state index in [0.29, 0.717) is 18.6 Å². The zero-order valence-electron chi connectivity index (χ0n) is 12.6. The standard InChI is InChI=1S/C14H19N3O4S/c1-15-10-4-3-7-17(9-10)22(19,20)11-5-6-12-13(8-11)21-14(18)16(12)2/h5-6,8,10,15H,3-4,7,9H2,1-2H3. The van der Waals surface area contributed by atoms with Gasteiger partial charge in [-0.15, -0.1) is 0 Å². The highest BCUT2D eigenvalue weighted by molar-refractivity contribution is 7.89. The quantitative estimate of drug-likeness (QED) is 0.888. The summed E-state index contributed by atoms with van der Waals surface area (Å²) in [5, 5.41) is 3.13. The maximum absolute atomic E-state index is 12.8. The Labute approximate surface area is 128 Å². The zero-order valence-corrected chi connectivity index (χ0v) is 13.4. The van der Waals surface area contributed by atoms with E-state index in [1.807, 2.05) is 7.05 Å². The van der Waals surface area contributed by atoms with Gasteiger partial charge >= 0.3 is 5.76 Å². The summed E-state index contributed by atoms with van der Waals surface area (Å²) < 4.78 is 33.4. The molecule has 1 aliphatic heterocycles. The fraction of sp³-hybridized carbons (Fsp3) is 0.500. The molecule has 2 heterocycles. The molecule has 0 saturated carbocycles. The summed E-state index contributed by atoms with van der Waals surface area (Å²) in [4.78, 5) is 11.7. The molecule has 0 radical (unpaired) electrons. The van der Waals surface area contributed by atoms with Crippen molar-refractivity contribution in [3.05, 3.63) is 28.7 Å². The monoisotopic (exact) mass is 325 g/mol. The molecule has 22 heavy (non-hydrogen) atoms. The number of benzene rings is 1. The van der Waals surface area contributed by atoms with Gasteiger partial charge < -0.3 is 9.73 Å². The number of aromatic nitrogens is 1. The molecule has 1 saturated heterocycles. The number of oxazole rings is 1. The van der Waals surface area contributed by atoms with Gasteiger partial charge in [-0.1, -0.05) is 0 Å². The number of rotatable bonds is 3. The first-order valence-corrected chi connectivity index (χ1v) is 8.64. The third-order valence-electron chi connectivity index (χ3n) is 4.19. The number of nitrogens with one attached hydrogen (secondary N) is 1. The molecular formula is C14H19N3O4S. The van der Waals surface area contributed by atoms with E-state index in [1.54, 1.807) is 13.1 Å². The average Bonchev–Trinajstić information content (AvgIpc) is 2.81. The van der Waals surface area contributed by atoms with Crippen molar-refractivity contribution in [2.45, 2.75) is 23.8 Å². The first kappa shape index (κ1) is 15.3. The van der Waals surface area contributed by atoms with Crippen molar-refractivity contribution >= 4 is 21.1 Å². The van der Waals surface area contributed by atoms with Crippen molar-refractivity contribution < 1.29 is 12.8 Å². The van der Waals surface area contributed by atoms with Crippen LogP contribution in [0.4, 0.5) is 0 Å². The number of aryl methyl sites for hydroxylation is 1. The van der Waals surface area contributed by atoms with Crippen LogP contribution >= 0.6 is 0 Å². The largest absolute Gasteiger partial charge is 0.419 e. The van der Waals surface area contributed by atoms with Crippen LogP contribution in [-0.2, 0) is 17.1 Å². The highest BCUT2D eigenvalue weighted by atomic mass is 32.2. The van der Waals surface area contributed by atoms with Crippen molar-refractivity contribution in [2.75, 3.05) is 20.1 Å². The normalized spacial score (nSPS) is 20.5. The second kappa shape index (κ2) is 5.53. The number of hydrogen-bond acceptors (Lipinski definition) is 5. The van der Waals surface area contributed by atoms with Gasteiger partial charge in [-0.3, -0.25) is 4.57 Å². The van der Waals surface area contributed by atoms with Gasteiger partial charge in [0.15, 0.2) is 5.58 Å². The van der Waals surface area contributed by atoms with Crippen LogP contribution in [-0.4, -0.2) is 43.5 Å². The van der Waals surface area contributed by atoms with Crippen LogP contribution in [0.25, 0.3) is 11.1 Å². The second-order valence-electron chi connectivity index (χ2n) is 5.55. The van der Waals surface area contributed by atoms with Crippen LogP contribution in [0.15, 0.2) is 32.3 Å². The fourth-order valence-electron chi connectivity index (χ4n) is 2.82. The highest BCUT2D eigenvalue weighted by Gasteiger charge is 2.30. The van der Waals surface area contributed by atoms with Gasteiger partial charge in [0.1, 0.15) is 0 Å². The van der Waals surface area contributed by atoms with Crippen LogP contribution in [0.5, 0.6) is 0 Å². The molecule has 1 fully saturated rings. The van der Waals surface area contributed by atoms with Gasteiger partial charge in [0.05, 0.1) is 10.4 Å². The van der Waals surface area contributed by atoms with Crippen molar-refractivity contribution in [3.63, 3.8) is 0 Å². The van der Waals surface area contributed by atoms with Gasteiger partial charge in [0.2, 0.25) is 10.0 Å². The topological polar surface area (TPSA) is 84.6 Å². The molecule has 8 heteroatoms. The molecule has 0 amide bonds. The van der Waals surface area contributed by atoms with Gasteiger partial charge in [-0.25, -0.2) is 13.2 Å². The molecule has 0 spiro atoms. The number of nitrogens with zero attached hydrogens (tertiary/aromatic N) is 2. The Kier molecular flexibility index (Phi) is 3.84. The first-order valence-electron chi connectivity index (χ1n) is 7.20. The molecular weight excluding hydrogens is 306 g/mol. The van der Waals surface area contributed by atoms with Crippen molar-refractivity contribution in [3.8, 4) is 0 Å². The van der Waals surface area contributed by atoms with Crippen LogP contribution in [0, 0.1) is 0 Å². The van der Waals surface area contributed by atoms with E-state index in [1.165, 1.54) is 21.0 Å². The number of sulfonamides is 1. The number of fused-ring (bicyclic) bond motifs is 1. The molecule has 7 nitrogen and oxygen atoms in total. The lowest BCUT2D eigenvalue weighted by Crippen LogP contribution is -2.46. The molecule has 3 rings (SSSR count). The van der Waals surface area contributed by atoms with E-state index in [0.717, 1.165) is 12.8 Å². The lowest BCUT2D eigenvalue weighted by Gasteiger charge is -2.31. The van der Waals surface area contributed by atoms with Gasteiger partial charge in [-0.05, 0) is 32.0 Å². The van der Waals surface area contributed by atoms with Crippen molar-refractivity contribution in [1.29, 1.82) is 0 Å².